The second-order valence-electron chi connectivity index (χ2n) is 5.38. The number of ether oxygens (including phenoxy) is 1. The number of urea groups is 1. The molecule has 10 heteroatoms. The maximum absolute atomic E-state index is 12.0. The summed E-state index contributed by atoms with van der Waals surface area (Å²) in [5.74, 6) is 1.14. The van der Waals surface area contributed by atoms with Gasteiger partial charge in [0.1, 0.15) is 10.8 Å². The molecule has 3 rings (SSSR count). The predicted molar refractivity (Wildman–Crippen MR) is 94.1 cm³/mol. The summed E-state index contributed by atoms with van der Waals surface area (Å²) in [5.41, 5.74) is 1.27. The first kappa shape index (κ1) is 17.1. The van der Waals surface area contributed by atoms with Gasteiger partial charge in [0, 0.05) is 31.1 Å². The molecule has 0 radical (unpaired) electrons. The van der Waals surface area contributed by atoms with Crippen molar-refractivity contribution in [3.8, 4) is 5.75 Å². The number of carbonyl (C=O) groups excluding carboxylic acids is 2. The van der Waals surface area contributed by atoms with Crippen LogP contribution in [0.4, 0.5) is 16.2 Å². The number of likely N-dealkylation sites (N-methyl/N-ethyl adjacent to an activating group) is 1. The zero-order chi connectivity index (χ0) is 17.8. The van der Waals surface area contributed by atoms with Crippen molar-refractivity contribution in [3.63, 3.8) is 0 Å². The largest absolute Gasteiger partial charge is 0.479 e. The summed E-state index contributed by atoms with van der Waals surface area (Å²) in [4.78, 5) is 25.4. The van der Waals surface area contributed by atoms with Crippen LogP contribution in [0.15, 0.2) is 29.4 Å². The number of amides is 3. The Morgan fingerprint density at radius 1 is 1.48 bits per heavy atom. The third kappa shape index (κ3) is 4.02. The minimum Gasteiger partial charge on any atom is -0.479 e. The Labute approximate surface area is 148 Å². The fourth-order valence-corrected chi connectivity index (χ4v) is 3.00. The Kier molecular flexibility index (Phi) is 5.08. The Hall–Kier alpha value is -2.75. The highest BCUT2D eigenvalue weighted by molar-refractivity contribution is 7.99. The van der Waals surface area contributed by atoms with Crippen LogP contribution in [0.3, 0.4) is 0 Å². The average molecular weight is 362 g/mol. The van der Waals surface area contributed by atoms with E-state index in [2.05, 4.69) is 26.0 Å². The maximum Gasteiger partial charge on any atom is 0.319 e. The topological polar surface area (TPSA) is 112 Å². The second kappa shape index (κ2) is 7.43. The van der Waals surface area contributed by atoms with Crippen LogP contribution in [0, 0.1) is 0 Å². The van der Waals surface area contributed by atoms with Crippen molar-refractivity contribution < 1.29 is 14.3 Å². The number of fused-ring (bicyclic) bond motifs is 1. The van der Waals surface area contributed by atoms with Crippen LogP contribution in [-0.4, -0.2) is 52.8 Å². The lowest BCUT2D eigenvalue weighted by Gasteiger charge is -2.30. The fraction of sp³-hybridized carbons (Fsp3) is 0.333. The van der Waals surface area contributed by atoms with Gasteiger partial charge in [0.25, 0.3) is 5.91 Å². The normalized spacial score (nSPS) is 16.2. The van der Waals surface area contributed by atoms with Gasteiger partial charge in [-0.2, -0.15) is 10.3 Å². The molecule has 2 aromatic rings. The summed E-state index contributed by atoms with van der Waals surface area (Å²) < 4.78 is 5.59. The number of hydrogen-bond acceptors (Lipinski definition) is 6. The third-order valence-electron chi connectivity index (χ3n) is 3.59. The van der Waals surface area contributed by atoms with Crippen LogP contribution < -0.4 is 20.3 Å². The number of nitrogens with one attached hydrogen (secondary N) is 3. The van der Waals surface area contributed by atoms with Gasteiger partial charge in [-0.25, -0.2) is 4.79 Å². The van der Waals surface area contributed by atoms with Gasteiger partial charge in [0.05, 0.1) is 11.9 Å². The standard InChI is InChI=1S/C15H18N6O3S/c1-9-14(22)21(2)11-4-3-10(7-12(11)24-9)18-15(23)16-5-6-25-13-8-17-20-19-13/h3-4,7-9H,5-6H2,1-2H3,(H2,16,18,23)(H,17,19,20). The molecule has 132 valence electrons. The molecule has 25 heavy (non-hydrogen) atoms. The van der Waals surface area contributed by atoms with E-state index in [-0.39, 0.29) is 11.9 Å². The van der Waals surface area contributed by atoms with Crippen LogP contribution in [-0.2, 0) is 4.79 Å². The number of anilines is 2. The summed E-state index contributed by atoms with van der Waals surface area (Å²) in [6, 6.07) is 4.87. The summed E-state index contributed by atoms with van der Waals surface area (Å²) in [7, 11) is 1.70. The molecule has 1 aromatic heterocycles. The molecular weight excluding hydrogens is 344 g/mol. The molecule has 1 unspecified atom stereocenters. The van der Waals surface area contributed by atoms with Crippen molar-refractivity contribution in [1.82, 2.24) is 20.7 Å². The van der Waals surface area contributed by atoms with E-state index in [1.54, 1.807) is 43.3 Å². The van der Waals surface area contributed by atoms with E-state index in [9.17, 15) is 9.59 Å². The minimum atomic E-state index is -0.546. The molecule has 1 atom stereocenters. The molecule has 3 N–H and O–H groups in total. The number of hydrogen-bond donors (Lipinski definition) is 3. The third-order valence-corrected chi connectivity index (χ3v) is 4.49. The van der Waals surface area contributed by atoms with Crippen molar-refractivity contribution in [2.24, 2.45) is 0 Å². The number of benzene rings is 1. The molecule has 0 saturated carbocycles. The number of nitrogens with zero attached hydrogens (tertiary/aromatic N) is 3. The minimum absolute atomic E-state index is 0.101. The Morgan fingerprint density at radius 3 is 3.08 bits per heavy atom. The highest BCUT2D eigenvalue weighted by Crippen LogP contribution is 2.35. The van der Waals surface area contributed by atoms with Gasteiger partial charge in [-0.3, -0.25) is 4.79 Å². The number of H-pyrrole nitrogens is 1. The molecule has 0 fully saturated rings. The van der Waals surface area contributed by atoms with Crippen LogP contribution in [0.25, 0.3) is 0 Å². The van der Waals surface area contributed by atoms with Crippen LogP contribution in [0.1, 0.15) is 6.92 Å². The molecule has 1 aromatic carbocycles. The number of aromatic amines is 1. The molecule has 0 spiro atoms. The van der Waals surface area contributed by atoms with Crippen LogP contribution in [0.2, 0.25) is 0 Å². The summed E-state index contributed by atoms with van der Waals surface area (Å²) >= 11 is 1.49. The van der Waals surface area contributed by atoms with Crippen molar-refractivity contribution in [3.05, 3.63) is 24.4 Å². The quantitative estimate of drug-likeness (QED) is 0.548. The molecular formula is C15H18N6O3S. The first-order valence-electron chi connectivity index (χ1n) is 7.66. The molecule has 0 bridgehead atoms. The van der Waals surface area contributed by atoms with Crippen LogP contribution in [0.5, 0.6) is 5.75 Å². The molecule has 9 nitrogen and oxygen atoms in total. The number of aromatic nitrogens is 3. The highest BCUT2D eigenvalue weighted by atomic mass is 32.2. The van der Waals surface area contributed by atoms with E-state index in [1.807, 2.05) is 0 Å². The van der Waals surface area contributed by atoms with Gasteiger partial charge in [0.15, 0.2) is 6.10 Å². The van der Waals surface area contributed by atoms with Gasteiger partial charge in [-0.1, -0.05) is 0 Å². The Bertz CT molecular complexity index is 767. The van der Waals surface area contributed by atoms with E-state index in [0.717, 1.165) is 5.03 Å². The van der Waals surface area contributed by atoms with Gasteiger partial charge in [-0.15, -0.1) is 16.9 Å². The lowest BCUT2D eigenvalue weighted by Crippen LogP contribution is -2.42. The lowest BCUT2D eigenvalue weighted by molar-refractivity contribution is -0.125. The first-order chi connectivity index (χ1) is 12.0. The number of rotatable bonds is 5. The number of thioether (sulfide) groups is 1. The molecule has 0 aliphatic carbocycles. The molecule has 1 aliphatic heterocycles. The SMILES string of the molecule is CC1Oc2cc(NC(=O)NCCSc3cn[nH]n3)ccc2N(C)C1=O. The molecule has 0 saturated heterocycles. The van der Waals surface area contributed by atoms with Gasteiger partial charge in [0.2, 0.25) is 0 Å². The van der Waals surface area contributed by atoms with Crippen molar-refractivity contribution in [2.45, 2.75) is 18.1 Å². The van der Waals surface area contributed by atoms with E-state index in [4.69, 9.17) is 4.74 Å². The first-order valence-corrected chi connectivity index (χ1v) is 8.65. The second-order valence-corrected chi connectivity index (χ2v) is 6.49. The monoisotopic (exact) mass is 362 g/mol. The van der Waals surface area contributed by atoms with Crippen LogP contribution >= 0.6 is 11.8 Å². The molecule has 1 aliphatic rings. The Balaban J connectivity index is 1.52. The van der Waals surface area contributed by atoms with E-state index >= 15 is 0 Å². The van der Waals surface area contributed by atoms with Crippen molar-refractivity contribution in [2.75, 3.05) is 29.6 Å². The van der Waals surface area contributed by atoms with Crippen molar-refractivity contribution >= 4 is 35.1 Å². The maximum atomic E-state index is 12.0. The van der Waals surface area contributed by atoms with E-state index < -0.39 is 6.10 Å². The molecule has 3 amide bonds. The number of carbonyl (C=O) groups is 2. The van der Waals surface area contributed by atoms with E-state index in [0.29, 0.717) is 29.4 Å². The average Bonchev–Trinajstić information content (AvgIpc) is 3.10. The molecule has 2 heterocycles. The fourth-order valence-electron chi connectivity index (χ4n) is 2.35. The van der Waals surface area contributed by atoms with Gasteiger partial charge in [-0.05, 0) is 19.1 Å². The summed E-state index contributed by atoms with van der Waals surface area (Å²) in [6.45, 7) is 2.18. The van der Waals surface area contributed by atoms with Crippen molar-refractivity contribution in [1.29, 1.82) is 0 Å². The predicted octanol–water partition coefficient (Wildman–Crippen LogP) is 1.46. The van der Waals surface area contributed by atoms with E-state index in [1.165, 1.54) is 11.8 Å². The smallest absolute Gasteiger partial charge is 0.319 e. The van der Waals surface area contributed by atoms with Gasteiger partial charge < -0.3 is 20.3 Å². The summed E-state index contributed by atoms with van der Waals surface area (Å²) in [5, 5.41) is 16.4. The lowest BCUT2D eigenvalue weighted by atomic mass is 10.2. The zero-order valence-corrected chi connectivity index (χ0v) is 14.6. The zero-order valence-electron chi connectivity index (χ0n) is 13.8. The highest BCUT2D eigenvalue weighted by Gasteiger charge is 2.28. The van der Waals surface area contributed by atoms with Gasteiger partial charge >= 0.3 is 6.03 Å². The Morgan fingerprint density at radius 2 is 2.32 bits per heavy atom. The summed E-state index contributed by atoms with van der Waals surface area (Å²) in [6.07, 6.45) is 1.08.